The molecule has 2 aliphatic rings. The molecule has 1 atom stereocenters. The molecule has 0 aliphatic carbocycles. The Morgan fingerprint density at radius 2 is 1.89 bits per heavy atom. The fourth-order valence-corrected chi connectivity index (χ4v) is 3.98. The zero-order chi connectivity index (χ0) is 18.6. The summed E-state index contributed by atoms with van der Waals surface area (Å²) >= 11 is 0. The average molecular weight is 369 g/mol. The molecule has 144 valence electrons. The van der Waals surface area contributed by atoms with Gasteiger partial charge in [0.2, 0.25) is 6.79 Å². The first-order chi connectivity index (χ1) is 13.2. The summed E-state index contributed by atoms with van der Waals surface area (Å²) in [6.07, 6.45) is 7.09. The second-order valence-electron chi connectivity index (χ2n) is 7.29. The number of likely N-dealkylation sites (tertiary alicyclic amines) is 1. The summed E-state index contributed by atoms with van der Waals surface area (Å²) in [5, 5.41) is 3.13. The molecule has 0 saturated carbocycles. The van der Waals surface area contributed by atoms with Crippen molar-refractivity contribution in [3.05, 3.63) is 47.8 Å². The van der Waals surface area contributed by atoms with Gasteiger partial charge in [0.25, 0.3) is 5.91 Å². The van der Waals surface area contributed by atoms with Crippen molar-refractivity contribution < 1.29 is 14.3 Å². The van der Waals surface area contributed by atoms with Gasteiger partial charge in [-0.3, -0.25) is 9.69 Å². The number of fused-ring (bicyclic) bond motifs is 1. The van der Waals surface area contributed by atoms with Crippen molar-refractivity contribution in [3.63, 3.8) is 0 Å². The molecule has 27 heavy (non-hydrogen) atoms. The first-order valence-corrected chi connectivity index (χ1v) is 9.75. The SMILES string of the molecule is Cn1cccc1[C@@H](CNC(=O)c1ccc2c(c1)OCO2)N1CCCCCC1. The maximum absolute atomic E-state index is 12.7. The summed E-state index contributed by atoms with van der Waals surface area (Å²) in [7, 11) is 2.07. The highest BCUT2D eigenvalue weighted by atomic mass is 16.7. The Morgan fingerprint density at radius 1 is 1.11 bits per heavy atom. The molecule has 3 heterocycles. The van der Waals surface area contributed by atoms with Gasteiger partial charge >= 0.3 is 0 Å². The predicted octanol–water partition coefficient (Wildman–Crippen LogP) is 3.10. The number of ether oxygens (including phenoxy) is 2. The number of nitrogens with zero attached hydrogens (tertiary/aromatic N) is 2. The standard InChI is InChI=1S/C21H27N3O3/c1-23-10-6-7-17(23)18(24-11-4-2-3-5-12-24)14-22-21(25)16-8-9-19-20(13-16)27-15-26-19/h6-10,13,18H,2-5,11-12,14-15H2,1H3,(H,22,25)/t18-/m1/s1. The molecule has 1 aromatic carbocycles. The van der Waals surface area contributed by atoms with Crippen molar-refractivity contribution >= 4 is 5.91 Å². The third-order valence-electron chi connectivity index (χ3n) is 5.50. The fourth-order valence-electron chi connectivity index (χ4n) is 3.98. The van der Waals surface area contributed by atoms with E-state index in [4.69, 9.17) is 9.47 Å². The van der Waals surface area contributed by atoms with E-state index in [9.17, 15) is 4.79 Å². The van der Waals surface area contributed by atoms with Gasteiger partial charge in [0.15, 0.2) is 11.5 Å². The van der Waals surface area contributed by atoms with E-state index in [0.29, 0.717) is 23.6 Å². The number of carbonyl (C=O) groups excluding carboxylic acids is 1. The van der Waals surface area contributed by atoms with Crippen molar-refractivity contribution in [1.82, 2.24) is 14.8 Å². The highest BCUT2D eigenvalue weighted by molar-refractivity contribution is 5.94. The van der Waals surface area contributed by atoms with Crippen molar-refractivity contribution in [3.8, 4) is 11.5 Å². The van der Waals surface area contributed by atoms with Gasteiger partial charge < -0.3 is 19.4 Å². The molecule has 2 aromatic rings. The van der Waals surface area contributed by atoms with Crippen LogP contribution < -0.4 is 14.8 Å². The van der Waals surface area contributed by atoms with Crippen LogP contribution in [0, 0.1) is 0 Å². The lowest BCUT2D eigenvalue weighted by molar-refractivity contribution is 0.0931. The van der Waals surface area contributed by atoms with Gasteiger partial charge in [-0.15, -0.1) is 0 Å². The zero-order valence-electron chi connectivity index (χ0n) is 15.8. The molecule has 1 aromatic heterocycles. The van der Waals surface area contributed by atoms with Crippen LogP contribution in [0.2, 0.25) is 0 Å². The van der Waals surface area contributed by atoms with E-state index in [-0.39, 0.29) is 18.7 Å². The Bertz CT molecular complexity index is 794. The molecule has 1 amide bonds. The molecule has 0 unspecified atom stereocenters. The van der Waals surface area contributed by atoms with E-state index < -0.39 is 0 Å². The Balaban J connectivity index is 1.48. The monoisotopic (exact) mass is 369 g/mol. The van der Waals surface area contributed by atoms with Gasteiger partial charge in [0.05, 0.1) is 6.04 Å². The van der Waals surface area contributed by atoms with Crippen molar-refractivity contribution in [2.45, 2.75) is 31.7 Å². The summed E-state index contributed by atoms with van der Waals surface area (Å²) in [4.78, 5) is 15.2. The molecular formula is C21H27N3O3. The number of rotatable bonds is 5. The minimum Gasteiger partial charge on any atom is -0.454 e. The molecule has 6 nitrogen and oxygen atoms in total. The summed E-state index contributed by atoms with van der Waals surface area (Å²) in [6.45, 7) is 2.96. The minimum absolute atomic E-state index is 0.0812. The summed E-state index contributed by atoms with van der Waals surface area (Å²) in [5.41, 5.74) is 1.84. The van der Waals surface area contributed by atoms with Crippen molar-refractivity contribution in [1.29, 1.82) is 0 Å². The molecule has 2 aliphatic heterocycles. The van der Waals surface area contributed by atoms with Crippen LogP contribution >= 0.6 is 0 Å². The van der Waals surface area contributed by atoms with Gasteiger partial charge in [-0.2, -0.15) is 0 Å². The second-order valence-corrected chi connectivity index (χ2v) is 7.29. The van der Waals surface area contributed by atoms with Crippen LogP contribution in [0.1, 0.15) is 47.8 Å². The van der Waals surface area contributed by atoms with Crippen LogP contribution in [0.15, 0.2) is 36.5 Å². The Kier molecular flexibility index (Phi) is 5.34. The number of nitrogens with one attached hydrogen (secondary N) is 1. The number of hydrogen-bond acceptors (Lipinski definition) is 4. The molecule has 1 N–H and O–H groups in total. The number of amides is 1. The van der Waals surface area contributed by atoms with Gasteiger partial charge in [0, 0.05) is 31.0 Å². The number of benzene rings is 1. The molecule has 1 saturated heterocycles. The van der Waals surface area contributed by atoms with Gasteiger partial charge in [0.1, 0.15) is 0 Å². The molecule has 6 heteroatoms. The molecule has 0 spiro atoms. The number of carbonyl (C=O) groups is 1. The molecule has 1 fully saturated rings. The number of aromatic nitrogens is 1. The Morgan fingerprint density at radius 3 is 2.63 bits per heavy atom. The average Bonchev–Trinajstić information content (AvgIpc) is 3.23. The Hall–Kier alpha value is -2.47. The predicted molar refractivity (Wildman–Crippen MR) is 103 cm³/mol. The minimum atomic E-state index is -0.0812. The van der Waals surface area contributed by atoms with Crippen LogP contribution in [-0.4, -0.2) is 41.8 Å². The molecule has 4 rings (SSSR count). The van der Waals surface area contributed by atoms with E-state index in [1.807, 2.05) is 0 Å². The third kappa shape index (κ3) is 3.95. The van der Waals surface area contributed by atoms with E-state index in [1.54, 1.807) is 18.2 Å². The highest BCUT2D eigenvalue weighted by Crippen LogP contribution is 2.32. The lowest BCUT2D eigenvalue weighted by Gasteiger charge is -2.31. The maximum atomic E-state index is 12.7. The summed E-state index contributed by atoms with van der Waals surface area (Å²) < 4.78 is 12.9. The van der Waals surface area contributed by atoms with E-state index in [2.05, 4.69) is 40.2 Å². The van der Waals surface area contributed by atoms with Gasteiger partial charge in [-0.05, 0) is 56.3 Å². The van der Waals surface area contributed by atoms with Crippen LogP contribution in [0.5, 0.6) is 11.5 Å². The van der Waals surface area contributed by atoms with E-state index in [1.165, 1.54) is 31.4 Å². The third-order valence-corrected chi connectivity index (χ3v) is 5.50. The van der Waals surface area contributed by atoms with Crippen LogP contribution in [0.3, 0.4) is 0 Å². The smallest absolute Gasteiger partial charge is 0.251 e. The first kappa shape index (κ1) is 17.9. The number of aryl methyl sites for hydroxylation is 1. The first-order valence-electron chi connectivity index (χ1n) is 9.75. The molecule has 0 radical (unpaired) electrons. The summed E-state index contributed by atoms with van der Waals surface area (Å²) in [5.74, 6) is 1.24. The van der Waals surface area contributed by atoms with Gasteiger partial charge in [-0.25, -0.2) is 0 Å². The largest absolute Gasteiger partial charge is 0.454 e. The van der Waals surface area contributed by atoms with Crippen molar-refractivity contribution in [2.75, 3.05) is 26.4 Å². The topological polar surface area (TPSA) is 55.7 Å². The van der Waals surface area contributed by atoms with Crippen LogP contribution in [0.25, 0.3) is 0 Å². The van der Waals surface area contributed by atoms with Crippen molar-refractivity contribution in [2.24, 2.45) is 7.05 Å². The van der Waals surface area contributed by atoms with E-state index in [0.717, 1.165) is 13.1 Å². The Labute approximate surface area is 160 Å². The van der Waals surface area contributed by atoms with Gasteiger partial charge in [-0.1, -0.05) is 12.8 Å². The fraction of sp³-hybridized carbons (Fsp3) is 0.476. The van der Waals surface area contributed by atoms with Crippen LogP contribution in [-0.2, 0) is 7.05 Å². The second kappa shape index (κ2) is 8.05. The normalized spacial score (nSPS) is 18.1. The van der Waals surface area contributed by atoms with Crippen LogP contribution in [0.4, 0.5) is 0 Å². The molecular weight excluding hydrogens is 342 g/mol. The lowest BCUT2D eigenvalue weighted by atomic mass is 10.1. The number of hydrogen-bond donors (Lipinski definition) is 1. The lowest BCUT2D eigenvalue weighted by Crippen LogP contribution is -2.39. The maximum Gasteiger partial charge on any atom is 0.251 e. The molecule has 0 bridgehead atoms. The summed E-state index contributed by atoms with van der Waals surface area (Å²) in [6, 6.07) is 9.73. The quantitative estimate of drug-likeness (QED) is 0.880. The zero-order valence-corrected chi connectivity index (χ0v) is 15.8. The highest BCUT2D eigenvalue weighted by Gasteiger charge is 2.24. The van der Waals surface area contributed by atoms with E-state index >= 15 is 0 Å².